The van der Waals surface area contributed by atoms with Crippen molar-refractivity contribution in [3.8, 4) is 16.8 Å². The van der Waals surface area contributed by atoms with E-state index >= 15 is 0 Å². The van der Waals surface area contributed by atoms with Gasteiger partial charge < -0.3 is 4.90 Å². The molecule has 4 rings (SSSR count). The van der Waals surface area contributed by atoms with Crippen molar-refractivity contribution < 1.29 is 4.79 Å². The summed E-state index contributed by atoms with van der Waals surface area (Å²) in [4.78, 5) is 15.5. The van der Waals surface area contributed by atoms with Crippen LogP contribution in [-0.2, 0) is 0 Å². The Bertz CT molecular complexity index is 1290. The van der Waals surface area contributed by atoms with Gasteiger partial charge in [-0.25, -0.2) is 0 Å². The summed E-state index contributed by atoms with van der Waals surface area (Å²) >= 11 is 0. The molecule has 4 aromatic rings. The van der Waals surface area contributed by atoms with Crippen LogP contribution in [0.5, 0.6) is 0 Å². The third-order valence-corrected chi connectivity index (χ3v) is 5.20. The van der Waals surface area contributed by atoms with Crippen LogP contribution in [0.15, 0.2) is 79.0 Å². The molecule has 160 valence electrons. The first kappa shape index (κ1) is 21.2. The fourth-order valence-corrected chi connectivity index (χ4v) is 3.57. The van der Waals surface area contributed by atoms with Gasteiger partial charge in [0, 0.05) is 25.9 Å². The highest BCUT2D eigenvalue weighted by Crippen LogP contribution is 2.27. The second-order valence-electron chi connectivity index (χ2n) is 7.98. The average molecular weight is 424 g/mol. The number of rotatable bonds is 6. The highest BCUT2D eigenvalue weighted by molar-refractivity contribution is 6.28. The van der Waals surface area contributed by atoms with E-state index in [4.69, 9.17) is 0 Å². The SMILES string of the molecule is Cc1ccc(-n2nnnc2C(=CN(C)C)C(=O)c2cccc(-c3ccccc3C)c2)cc1. The lowest BCUT2D eigenvalue weighted by Crippen LogP contribution is -2.13. The minimum Gasteiger partial charge on any atom is -0.383 e. The number of carbonyl (C=O) groups is 1. The molecule has 0 aliphatic carbocycles. The van der Waals surface area contributed by atoms with Crippen LogP contribution >= 0.6 is 0 Å². The Morgan fingerprint density at radius 2 is 1.69 bits per heavy atom. The molecule has 3 aromatic carbocycles. The normalized spacial score (nSPS) is 11.4. The summed E-state index contributed by atoms with van der Waals surface area (Å²) in [5, 5.41) is 12.2. The Hall–Kier alpha value is -4.06. The van der Waals surface area contributed by atoms with Crippen LogP contribution in [0.4, 0.5) is 0 Å². The van der Waals surface area contributed by atoms with Crippen molar-refractivity contribution in [3.05, 3.63) is 102 Å². The van der Waals surface area contributed by atoms with E-state index in [1.54, 1.807) is 10.9 Å². The molecule has 0 radical (unpaired) electrons. The van der Waals surface area contributed by atoms with Gasteiger partial charge in [-0.05, 0) is 59.2 Å². The van der Waals surface area contributed by atoms with Crippen molar-refractivity contribution in [1.82, 2.24) is 25.1 Å². The first-order valence-corrected chi connectivity index (χ1v) is 10.4. The molecular formula is C26H25N5O. The number of hydrogen-bond donors (Lipinski definition) is 0. The van der Waals surface area contributed by atoms with Crippen molar-refractivity contribution in [2.75, 3.05) is 14.1 Å². The lowest BCUT2D eigenvalue weighted by atomic mass is 9.96. The summed E-state index contributed by atoms with van der Waals surface area (Å²) in [5.74, 6) is 0.256. The number of tetrazole rings is 1. The summed E-state index contributed by atoms with van der Waals surface area (Å²) in [6, 6.07) is 23.7. The first-order chi connectivity index (χ1) is 15.4. The highest BCUT2D eigenvalue weighted by atomic mass is 16.1. The molecule has 1 heterocycles. The van der Waals surface area contributed by atoms with Crippen molar-refractivity contribution in [2.24, 2.45) is 0 Å². The Morgan fingerprint density at radius 1 is 0.938 bits per heavy atom. The van der Waals surface area contributed by atoms with Crippen molar-refractivity contribution in [2.45, 2.75) is 13.8 Å². The molecular weight excluding hydrogens is 398 g/mol. The summed E-state index contributed by atoms with van der Waals surface area (Å²) in [6.07, 6.45) is 1.76. The van der Waals surface area contributed by atoms with Gasteiger partial charge in [-0.3, -0.25) is 4.79 Å². The standard InChI is InChI=1S/C26H25N5O/c1-18-12-14-22(15-13-18)31-26(27-28-29-31)24(17-30(3)4)25(32)21-10-7-9-20(16-21)23-11-6-5-8-19(23)2/h5-17H,1-4H3. The minimum atomic E-state index is -0.141. The van der Waals surface area contributed by atoms with Gasteiger partial charge >= 0.3 is 0 Å². The number of Topliss-reactive ketones (excluding diaryl/α,β-unsaturated/α-hetero) is 1. The Morgan fingerprint density at radius 3 is 2.41 bits per heavy atom. The molecule has 0 spiro atoms. The number of allylic oxidation sites excluding steroid dienone is 1. The van der Waals surface area contributed by atoms with Crippen molar-refractivity contribution in [1.29, 1.82) is 0 Å². The first-order valence-electron chi connectivity index (χ1n) is 10.4. The van der Waals surface area contributed by atoms with Crippen LogP contribution in [0.2, 0.25) is 0 Å². The predicted molar refractivity (Wildman–Crippen MR) is 127 cm³/mol. The van der Waals surface area contributed by atoms with E-state index in [2.05, 4.69) is 34.6 Å². The van der Waals surface area contributed by atoms with Crippen LogP contribution < -0.4 is 0 Å². The third kappa shape index (κ3) is 4.34. The van der Waals surface area contributed by atoms with Crippen LogP contribution in [-0.4, -0.2) is 45.0 Å². The van der Waals surface area contributed by atoms with Crippen LogP contribution in [0.1, 0.15) is 27.3 Å². The van der Waals surface area contributed by atoms with E-state index in [0.29, 0.717) is 17.0 Å². The average Bonchev–Trinajstić information content (AvgIpc) is 3.27. The molecule has 0 bridgehead atoms. The summed E-state index contributed by atoms with van der Waals surface area (Å²) in [5.41, 5.74) is 6.18. The summed E-state index contributed by atoms with van der Waals surface area (Å²) < 4.78 is 1.60. The largest absolute Gasteiger partial charge is 0.383 e. The quantitative estimate of drug-likeness (QED) is 0.331. The van der Waals surface area contributed by atoms with Gasteiger partial charge in [-0.15, -0.1) is 5.10 Å². The van der Waals surface area contributed by atoms with Gasteiger partial charge in [0.1, 0.15) is 0 Å². The Kier molecular flexibility index (Phi) is 5.94. The molecule has 0 amide bonds. The summed E-state index contributed by atoms with van der Waals surface area (Å²) in [7, 11) is 3.74. The number of benzene rings is 3. The number of aromatic nitrogens is 4. The number of aryl methyl sites for hydroxylation is 2. The van der Waals surface area contributed by atoms with Crippen molar-refractivity contribution in [3.63, 3.8) is 0 Å². The maximum absolute atomic E-state index is 13.7. The topological polar surface area (TPSA) is 63.9 Å². The highest BCUT2D eigenvalue weighted by Gasteiger charge is 2.22. The van der Waals surface area contributed by atoms with E-state index in [1.807, 2.05) is 86.6 Å². The maximum atomic E-state index is 13.7. The molecule has 0 aliphatic rings. The van der Waals surface area contributed by atoms with Gasteiger partial charge in [0.15, 0.2) is 11.6 Å². The second-order valence-corrected chi connectivity index (χ2v) is 7.98. The van der Waals surface area contributed by atoms with E-state index in [0.717, 1.165) is 27.9 Å². The molecule has 0 fully saturated rings. The van der Waals surface area contributed by atoms with Crippen LogP contribution in [0.25, 0.3) is 22.4 Å². The second kappa shape index (κ2) is 8.98. The fraction of sp³-hybridized carbons (Fsp3) is 0.154. The van der Waals surface area contributed by atoms with E-state index in [-0.39, 0.29) is 5.78 Å². The van der Waals surface area contributed by atoms with E-state index in [1.165, 1.54) is 0 Å². The summed E-state index contributed by atoms with van der Waals surface area (Å²) in [6.45, 7) is 4.09. The maximum Gasteiger partial charge on any atom is 0.198 e. The van der Waals surface area contributed by atoms with E-state index in [9.17, 15) is 4.79 Å². The molecule has 0 atom stereocenters. The minimum absolute atomic E-state index is 0.141. The smallest absolute Gasteiger partial charge is 0.198 e. The van der Waals surface area contributed by atoms with Gasteiger partial charge in [0.25, 0.3) is 0 Å². The molecule has 0 unspecified atom stereocenters. The molecule has 6 nitrogen and oxygen atoms in total. The number of hydrogen-bond acceptors (Lipinski definition) is 5. The zero-order chi connectivity index (χ0) is 22.7. The monoisotopic (exact) mass is 423 g/mol. The Labute approximate surface area is 187 Å². The Balaban J connectivity index is 1.78. The molecule has 6 heteroatoms. The van der Waals surface area contributed by atoms with Gasteiger partial charge in [-0.1, -0.05) is 60.2 Å². The zero-order valence-electron chi connectivity index (χ0n) is 18.6. The molecule has 1 aromatic heterocycles. The van der Waals surface area contributed by atoms with Crippen molar-refractivity contribution >= 4 is 11.4 Å². The zero-order valence-corrected chi connectivity index (χ0v) is 18.6. The molecule has 0 aliphatic heterocycles. The van der Waals surface area contributed by atoms with Crippen LogP contribution in [0.3, 0.4) is 0 Å². The fourth-order valence-electron chi connectivity index (χ4n) is 3.57. The third-order valence-electron chi connectivity index (χ3n) is 5.20. The lowest BCUT2D eigenvalue weighted by molar-refractivity contribution is 0.105. The van der Waals surface area contributed by atoms with E-state index < -0.39 is 0 Å². The lowest BCUT2D eigenvalue weighted by Gasteiger charge is -2.13. The molecule has 0 saturated heterocycles. The molecule has 0 saturated carbocycles. The molecule has 0 N–H and O–H groups in total. The molecule has 32 heavy (non-hydrogen) atoms. The number of nitrogens with zero attached hydrogens (tertiary/aromatic N) is 5. The van der Waals surface area contributed by atoms with Crippen LogP contribution in [0, 0.1) is 13.8 Å². The number of ketones is 1. The van der Waals surface area contributed by atoms with Gasteiger partial charge in [0.2, 0.25) is 0 Å². The number of carbonyl (C=O) groups excluding carboxylic acids is 1. The van der Waals surface area contributed by atoms with Gasteiger partial charge in [-0.2, -0.15) is 4.68 Å². The van der Waals surface area contributed by atoms with Gasteiger partial charge in [0.05, 0.1) is 11.3 Å². The predicted octanol–water partition coefficient (Wildman–Crippen LogP) is 4.73.